The Morgan fingerprint density at radius 2 is 1.67 bits per heavy atom. The summed E-state index contributed by atoms with van der Waals surface area (Å²) < 4.78 is 0. The summed E-state index contributed by atoms with van der Waals surface area (Å²) >= 11 is 0. The minimum atomic E-state index is -0.292. The van der Waals surface area contributed by atoms with Gasteiger partial charge in [0.2, 0.25) is 0 Å². The van der Waals surface area contributed by atoms with Crippen LogP contribution in [0.1, 0.15) is 11.3 Å². The lowest BCUT2D eigenvalue weighted by atomic mass is 10.1. The number of H-pyrrole nitrogens is 1. The van der Waals surface area contributed by atoms with Crippen molar-refractivity contribution in [2.24, 2.45) is 0 Å². The summed E-state index contributed by atoms with van der Waals surface area (Å²) in [5.41, 5.74) is 2.52. The quantitative estimate of drug-likeness (QED) is 0.743. The molecule has 2 aromatic carbocycles. The molecule has 0 saturated heterocycles. The third-order valence-corrected chi connectivity index (χ3v) is 2.93. The van der Waals surface area contributed by atoms with E-state index >= 15 is 0 Å². The van der Waals surface area contributed by atoms with Gasteiger partial charge in [-0.3, -0.25) is 0 Å². The van der Waals surface area contributed by atoms with Gasteiger partial charge in [-0.25, -0.2) is 4.79 Å². The first-order valence-electron chi connectivity index (χ1n) is 5.85. The highest BCUT2D eigenvalue weighted by Gasteiger charge is 2.05. The summed E-state index contributed by atoms with van der Waals surface area (Å²) in [6.07, 6.45) is 0.672. The van der Waals surface area contributed by atoms with Gasteiger partial charge in [-0.2, -0.15) is 4.98 Å². The highest BCUT2D eigenvalue weighted by atomic mass is 16.1. The van der Waals surface area contributed by atoms with E-state index < -0.39 is 0 Å². The normalized spacial score (nSPS) is 10.7. The number of fused-ring (bicyclic) bond motifs is 1. The van der Waals surface area contributed by atoms with Crippen LogP contribution >= 0.6 is 0 Å². The highest BCUT2D eigenvalue weighted by Crippen LogP contribution is 2.16. The van der Waals surface area contributed by atoms with E-state index in [-0.39, 0.29) is 5.69 Å². The van der Waals surface area contributed by atoms with Crippen LogP contribution < -0.4 is 5.69 Å². The van der Waals surface area contributed by atoms with Crippen LogP contribution in [0.3, 0.4) is 0 Å². The summed E-state index contributed by atoms with van der Waals surface area (Å²) in [6.45, 7) is 0. The predicted octanol–water partition coefficient (Wildman–Crippen LogP) is 2.51. The van der Waals surface area contributed by atoms with E-state index in [1.807, 2.05) is 54.6 Å². The fourth-order valence-electron chi connectivity index (χ4n) is 2.09. The van der Waals surface area contributed by atoms with Gasteiger partial charge < -0.3 is 4.98 Å². The van der Waals surface area contributed by atoms with Crippen LogP contribution in [0.15, 0.2) is 59.4 Å². The zero-order chi connectivity index (χ0) is 12.4. The molecule has 0 spiro atoms. The zero-order valence-electron chi connectivity index (χ0n) is 9.76. The van der Waals surface area contributed by atoms with Gasteiger partial charge in [0.1, 0.15) is 0 Å². The Morgan fingerprint density at radius 1 is 0.944 bits per heavy atom. The second kappa shape index (κ2) is 4.45. The maximum Gasteiger partial charge on any atom is 0.345 e. The van der Waals surface area contributed by atoms with E-state index in [9.17, 15) is 4.79 Å². The molecule has 0 aliphatic carbocycles. The van der Waals surface area contributed by atoms with Crippen LogP contribution in [0.5, 0.6) is 0 Å². The maximum absolute atomic E-state index is 11.5. The highest BCUT2D eigenvalue weighted by molar-refractivity contribution is 5.80. The molecule has 0 fully saturated rings. The van der Waals surface area contributed by atoms with Crippen molar-refractivity contribution in [3.05, 3.63) is 76.3 Å². The average Bonchev–Trinajstić information content (AvgIpc) is 2.40. The first-order chi connectivity index (χ1) is 8.83. The Balaban J connectivity index is 2.14. The van der Waals surface area contributed by atoms with Crippen molar-refractivity contribution in [1.29, 1.82) is 0 Å². The molecule has 0 aliphatic heterocycles. The average molecular weight is 236 g/mol. The van der Waals surface area contributed by atoms with Crippen molar-refractivity contribution in [2.45, 2.75) is 6.42 Å². The Morgan fingerprint density at radius 3 is 2.50 bits per heavy atom. The van der Waals surface area contributed by atoms with Crippen LogP contribution in [-0.4, -0.2) is 9.97 Å². The Kier molecular flexibility index (Phi) is 2.65. The van der Waals surface area contributed by atoms with Gasteiger partial charge in [0.25, 0.3) is 0 Å². The second-order valence-electron chi connectivity index (χ2n) is 4.20. The summed E-state index contributed by atoms with van der Waals surface area (Å²) in [7, 11) is 0. The van der Waals surface area contributed by atoms with Crippen LogP contribution in [0.25, 0.3) is 10.9 Å². The molecule has 18 heavy (non-hydrogen) atoms. The van der Waals surface area contributed by atoms with Crippen molar-refractivity contribution in [2.75, 3.05) is 0 Å². The fraction of sp³-hybridized carbons (Fsp3) is 0.0667. The van der Waals surface area contributed by atoms with Crippen molar-refractivity contribution in [1.82, 2.24) is 9.97 Å². The lowest BCUT2D eigenvalue weighted by molar-refractivity contribution is 1.01. The minimum Gasteiger partial charge on any atom is -0.305 e. The Labute approximate surface area is 104 Å². The lowest BCUT2D eigenvalue weighted by Gasteiger charge is -2.04. The maximum atomic E-state index is 11.5. The number of nitrogens with zero attached hydrogens (tertiary/aromatic N) is 1. The molecule has 0 saturated carbocycles. The second-order valence-corrected chi connectivity index (χ2v) is 4.20. The van der Waals surface area contributed by atoms with E-state index in [4.69, 9.17) is 0 Å². The van der Waals surface area contributed by atoms with Crippen LogP contribution in [0.2, 0.25) is 0 Å². The summed E-state index contributed by atoms with van der Waals surface area (Å²) in [5, 5.41) is 1.00. The number of aromatic nitrogens is 2. The molecule has 0 aliphatic rings. The van der Waals surface area contributed by atoms with Gasteiger partial charge in [-0.1, -0.05) is 48.5 Å². The summed E-state index contributed by atoms with van der Waals surface area (Å²) in [6, 6.07) is 17.8. The van der Waals surface area contributed by atoms with Crippen LogP contribution in [0, 0.1) is 0 Å². The largest absolute Gasteiger partial charge is 0.345 e. The van der Waals surface area contributed by atoms with Gasteiger partial charge in [-0.15, -0.1) is 0 Å². The van der Waals surface area contributed by atoms with Gasteiger partial charge in [-0.05, 0) is 11.6 Å². The van der Waals surface area contributed by atoms with E-state index in [1.54, 1.807) is 0 Å². The number of benzene rings is 2. The molecular weight excluding hydrogens is 224 g/mol. The zero-order valence-corrected chi connectivity index (χ0v) is 9.76. The van der Waals surface area contributed by atoms with Gasteiger partial charge in [0, 0.05) is 11.8 Å². The Hall–Kier alpha value is -2.42. The van der Waals surface area contributed by atoms with E-state index in [0.717, 1.165) is 22.2 Å². The van der Waals surface area contributed by atoms with Gasteiger partial charge >= 0.3 is 5.69 Å². The van der Waals surface area contributed by atoms with Crippen molar-refractivity contribution < 1.29 is 0 Å². The molecule has 0 atom stereocenters. The molecular formula is C15H12N2O. The third-order valence-electron chi connectivity index (χ3n) is 2.93. The van der Waals surface area contributed by atoms with Gasteiger partial charge in [0.15, 0.2) is 0 Å². The fourth-order valence-corrected chi connectivity index (χ4v) is 2.09. The molecule has 1 aromatic heterocycles. The number of aromatic amines is 1. The number of nitrogens with one attached hydrogen (secondary N) is 1. The van der Waals surface area contributed by atoms with E-state index in [1.165, 1.54) is 0 Å². The third kappa shape index (κ3) is 2.02. The number of hydrogen-bond acceptors (Lipinski definition) is 2. The predicted molar refractivity (Wildman–Crippen MR) is 71.6 cm³/mol. The molecule has 0 bridgehead atoms. The lowest BCUT2D eigenvalue weighted by Crippen LogP contribution is -2.13. The molecule has 3 aromatic rings. The van der Waals surface area contributed by atoms with E-state index in [0.29, 0.717) is 6.42 Å². The van der Waals surface area contributed by atoms with E-state index in [2.05, 4.69) is 9.97 Å². The molecule has 3 heteroatoms. The molecule has 1 heterocycles. The number of para-hydroxylation sites is 1. The minimum absolute atomic E-state index is 0.292. The first-order valence-corrected chi connectivity index (χ1v) is 5.85. The summed E-state index contributed by atoms with van der Waals surface area (Å²) in [5.74, 6) is 0. The van der Waals surface area contributed by atoms with Crippen molar-refractivity contribution >= 4 is 10.9 Å². The van der Waals surface area contributed by atoms with Crippen molar-refractivity contribution in [3.63, 3.8) is 0 Å². The van der Waals surface area contributed by atoms with Crippen LogP contribution in [0.4, 0.5) is 0 Å². The van der Waals surface area contributed by atoms with Crippen LogP contribution in [-0.2, 0) is 6.42 Å². The topological polar surface area (TPSA) is 45.8 Å². The molecule has 88 valence electrons. The number of rotatable bonds is 2. The molecule has 0 unspecified atom stereocenters. The Bertz CT molecular complexity index is 732. The smallest absolute Gasteiger partial charge is 0.305 e. The summed E-state index contributed by atoms with van der Waals surface area (Å²) in [4.78, 5) is 18.4. The standard InChI is InChI=1S/C15H12N2O/c18-15-16-13-9-5-4-8-12(13)14(17-15)10-11-6-2-1-3-7-11/h1-9H,10H2,(H,16,17,18). The van der Waals surface area contributed by atoms with Gasteiger partial charge in [0.05, 0.1) is 11.2 Å². The molecule has 0 amide bonds. The van der Waals surface area contributed by atoms with Crippen molar-refractivity contribution in [3.8, 4) is 0 Å². The molecule has 1 N–H and O–H groups in total. The monoisotopic (exact) mass is 236 g/mol. The molecule has 3 nitrogen and oxygen atoms in total. The number of hydrogen-bond donors (Lipinski definition) is 1. The molecule has 3 rings (SSSR count). The SMILES string of the molecule is O=c1nc(Cc2ccccc2)c2ccccc2[nH]1. The first kappa shape index (κ1) is 10.7. The molecule has 0 radical (unpaired) electrons.